The fourth-order valence-electron chi connectivity index (χ4n) is 2.75. The van der Waals surface area contributed by atoms with Crippen molar-refractivity contribution in [3.8, 4) is 5.75 Å². The van der Waals surface area contributed by atoms with Crippen LogP contribution in [0.1, 0.15) is 12.5 Å². The van der Waals surface area contributed by atoms with Crippen LogP contribution in [-0.4, -0.2) is 30.0 Å². The minimum absolute atomic E-state index is 0.00535. The van der Waals surface area contributed by atoms with Gasteiger partial charge in [-0.1, -0.05) is 0 Å². The Hall–Kier alpha value is -3.95. The van der Waals surface area contributed by atoms with E-state index in [4.69, 9.17) is 13.9 Å². The molecule has 30 heavy (non-hydrogen) atoms. The fourth-order valence-corrected chi connectivity index (χ4v) is 2.75. The number of nitro groups is 1. The second-order valence-corrected chi connectivity index (χ2v) is 6.34. The Balaban J connectivity index is 1.62. The molecule has 3 rings (SSSR count). The average molecular weight is 416 g/mol. The first-order valence-corrected chi connectivity index (χ1v) is 8.77. The van der Waals surface area contributed by atoms with Crippen molar-refractivity contribution >= 4 is 34.2 Å². The van der Waals surface area contributed by atoms with Gasteiger partial charge < -0.3 is 19.2 Å². The van der Waals surface area contributed by atoms with Crippen LogP contribution < -0.4 is 10.1 Å². The van der Waals surface area contributed by atoms with Gasteiger partial charge in [0.15, 0.2) is 6.10 Å². The number of nitrogens with zero attached hydrogens (tertiary/aromatic N) is 1. The largest absolute Gasteiger partial charge is 0.497 e. The molecule has 0 saturated heterocycles. The number of halogens is 1. The molecule has 3 aromatic rings. The zero-order chi connectivity index (χ0) is 21.8. The standard InChI is InChI=1S/C20H17FN2O7/c1-11(20(25)22-13-3-6-16(21)17(8-13)23(26)27)30-19(24)7-12-10-29-18-9-14(28-2)4-5-15(12)18/h3-6,8-11H,7H2,1-2H3,(H,22,25). The van der Waals surface area contributed by atoms with E-state index in [9.17, 15) is 24.1 Å². The molecule has 1 amide bonds. The second kappa shape index (κ2) is 8.60. The predicted molar refractivity (Wildman–Crippen MR) is 104 cm³/mol. The molecule has 1 heterocycles. The number of furan rings is 1. The van der Waals surface area contributed by atoms with Crippen molar-refractivity contribution < 1.29 is 32.8 Å². The van der Waals surface area contributed by atoms with Gasteiger partial charge in [0, 0.05) is 28.8 Å². The van der Waals surface area contributed by atoms with Gasteiger partial charge in [0.05, 0.1) is 24.7 Å². The molecule has 0 radical (unpaired) electrons. The molecule has 1 aromatic heterocycles. The molecule has 1 N–H and O–H groups in total. The second-order valence-electron chi connectivity index (χ2n) is 6.34. The quantitative estimate of drug-likeness (QED) is 0.355. The molecule has 0 spiro atoms. The van der Waals surface area contributed by atoms with Crippen LogP contribution in [-0.2, 0) is 20.7 Å². The summed E-state index contributed by atoms with van der Waals surface area (Å²) in [6, 6.07) is 8.07. The number of methoxy groups -OCH3 is 1. The molecule has 2 aromatic carbocycles. The number of carbonyl (C=O) groups is 2. The van der Waals surface area contributed by atoms with E-state index >= 15 is 0 Å². The number of rotatable bonds is 7. The van der Waals surface area contributed by atoms with E-state index in [-0.39, 0.29) is 12.1 Å². The zero-order valence-electron chi connectivity index (χ0n) is 16.0. The maximum Gasteiger partial charge on any atom is 0.311 e. The SMILES string of the molecule is COc1ccc2c(CC(=O)OC(C)C(=O)Nc3ccc(F)c([N+](=O)[O-])c3)coc2c1. The number of nitrogens with one attached hydrogen (secondary N) is 1. The van der Waals surface area contributed by atoms with Gasteiger partial charge in [-0.05, 0) is 31.2 Å². The third kappa shape index (κ3) is 4.54. The Kier molecular flexibility index (Phi) is 5.95. The highest BCUT2D eigenvalue weighted by atomic mass is 19.1. The van der Waals surface area contributed by atoms with Crippen molar-refractivity contribution in [3.63, 3.8) is 0 Å². The number of ether oxygens (including phenoxy) is 2. The molecule has 0 fully saturated rings. The maximum absolute atomic E-state index is 13.4. The van der Waals surface area contributed by atoms with Crippen LogP contribution in [0.25, 0.3) is 11.0 Å². The van der Waals surface area contributed by atoms with Crippen molar-refractivity contribution in [2.75, 3.05) is 12.4 Å². The van der Waals surface area contributed by atoms with E-state index in [2.05, 4.69) is 5.32 Å². The highest BCUT2D eigenvalue weighted by Gasteiger charge is 2.21. The first kappa shape index (κ1) is 20.8. The summed E-state index contributed by atoms with van der Waals surface area (Å²) in [5.74, 6) is -1.80. The fraction of sp³-hybridized carbons (Fsp3) is 0.200. The van der Waals surface area contributed by atoms with Gasteiger partial charge in [0.25, 0.3) is 5.91 Å². The van der Waals surface area contributed by atoms with E-state index in [1.807, 2.05) is 0 Å². The lowest BCUT2D eigenvalue weighted by Gasteiger charge is -2.13. The van der Waals surface area contributed by atoms with Crippen LogP contribution in [0.3, 0.4) is 0 Å². The highest BCUT2D eigenvalue weighted by molar-refractivity contribution is 5.95. The molecule has 10 heteroatoms. The average Bonchev–Trinajstić information content (AvgIpc) is 3.10. The Bertz CT molecular complexity index is 1130. The molecule has 1 atom stereocenters. The van der Waals surface area contributed by atoms with Crippen molar-refractivity contribution in [3.05, 3.63) is 64.2 Å². The molecule has 0 aliphatic carbocycles. The molecule has 9 nitrogen and oxygen atoms in total. The van der Waals surface area contributed by atoms with Crippen LogP contribution in [0, 0.1) is 15.9 Å². The van der Waals surface area contributed by atoms with E-state index in [1.165, 1.54) is 26.4 Å². The van der Waals surface area contributed by atoms with Crippen LogP contribution >= 0.6 is 0 Å². The van der Waals surface area contributed by atoms with E-state index < -0.39 is 34.4 Å². The smallest absolute Gasteiger partial charge is 0.311 e. The van der Waals surface area contributed by atoms with Gasteiger partial charge >= 0.3 is 11.7 Å². The third-order valence-electron chi connectivity index (χ3n) is 4.29. The molecule has 0 bridgehead atoms. The Morgan fingerprint density at radius 2 is 2.03 bits per heavy atom. The number of hydrogen-bond acceptors (Lipinski definition) is 7. The maximum atomic E-state index is 13.4. The number of nitro benzene ring substituents is 1. The van der Waals surface area contributed by atoms with E-state index in [1.54, 1.807) is 18.2 Å². The summed E-state index contributed by atoms with van der Waals surface area (Å²) in [5.41, 5.74) is 0.354. The molecule has 0 saturated carbocycles. The highest BCUT2D eigenvalue weighted by Crippen LogP contribution is 2.26. The lowest BCUT2D eigenvalue weighted by atomic mass is 10.1. The Labute approximate surface area is 169 Å². The van der Waals surface area contributed by atoms with E-state index in [0.717, 1.165) is 12.1 Å². The molecule has 156 valence electrons. The zero-order valence-corrected chi connectivity index (χ0v) is 16.0. The Morgan fingerprint density at radius 3 is 2.73 bits per heavy atom. The number of anilines is 1. The van der Waals surface area contributed by atoms with Gasteiger partial charge in [-0.3, -0.25) is 19.7 Å². The van der Waals surface area contributed by atoms with Crippen LogP contribution in [0.15, 0.2) is 47.1 Å². The summed E-state index contributed by atoms with van der Waals surface area (Å²) in [7, 11) is 1.53. The number of benzene rings is 2. The number of hydrogen-bond donors (Lipinski definition) is 1. The monoisotopic (exact) mass is 416 g/mol. The molecule has 1 unspecified atom stereocenters. The number of amides is 1. The van der Waals surface area contributed by atoms with Gasteiger partial charge in [-0.15, -0.1) is 0 Å². The van der Waals surface area contributed by atoms with Crippen molar-refractivity contribution in [2.24, 2.45) is 0 Å². The van der Waals surface area contributed by atoms with Crippen molar-refractivity contribution in [1.29, 1.82) is 0 Å². The molecule has 0 aliphatic rings. The minimum atomic E-state index is -1.18. The van der Waals surface area contributed by atoms with E-state index in [0.29, 0.717) is 22.3 Å². The minimum Gasteiger partial charge on any atom is -0.497 e. The third-order valence-corrected chi connectivity index (χ3v) is 4.29. The van der Waals surface area contributed by atoms with Crippen molar-refractivity contribution in [2.45, 2.75) is 19.4 Å². The van der Waals surface area contributed by atoms with Crippen LogP contribution in [0.5, 0.6) is 5.75 Å². The summed E-state index contributed by atoms with van der Waals surface area (Å²) >= 11 is 0. The van der Waals surface area contributed by atoms with Gasteiger partial charge in [-0.2, -0.15) is 4.39 Å². The lowest BCUT2D eigenvalue weighted by Crippen LogP contribution is -2.30. The van der Waals surface area contributed by atoms with Crippen LogP contribution in [0.4, 0.5) is 15.8 Å². The van der Waals surface area contributed by atoms with Gasteiger partial charge in [-0.25, -0.2) is 0 Å². The topological polar surface area (TPSA) is 121 Å². The normalized spacial score (nSPS) is 11.7. The summed E-state index contributed by atoms with van der Waals surface area (Å²) in [5, 5.41) is 13.9. The van der Waals surface area contributed by atoms with Crippen molar-refractivity contribution in [1.82, 2.24) is 0 Å². The predicted octanol–water partition coefficient (Wildman–Crippen LogP) is 3.60. The summed E-state index contributed by atoms with van der Waals surface area (Å²) in [6.45, 7) is 1.35. The lowest BCUT2D eigenvalue weighted by molar-refractivity contribution is -0.387. The first-order valence-electron chi connectivity index (χ1n) is 8.77. The summed E-state index contributed by atoms with van der Waals surface area (Å²) < 4.78 is 29.0. The first-order chi connectivity index (χ1) is 14.3. The summed E-state index contributed by atoms with van der Waals surface area (Å²) in [6.07, 6.45) is 0.118. The Morgan fingerprint density at radius 1 is 1.27 bits per heavy atom. The molecular formula is C20H17FN2O7. The number of esters is 1. The molecular weight excluding hydrogens is 399 g/mol. The summed E-state index contributed by atoms with van der Waals surface area (Å²) in [4.78, 5) is 34.3. The van der Waals surface area contributed by atoms with Gasteiger partial charge in [0.1, 0.15) is 11.3 Å². The van der Waals surface area contributed by atoms with Gasteiger partial charge in [0.2, 0.25) is 5.82 Å². The number of carbonyl (C=O) groups excluding carboxylic acids is 2. The number of fused-ring (bicyclic) bond motifs is 1. The molecule has 0 aliphatic heterocycles. The van der Waals surface area contributed by atoms with Crippen LogP contribution in [0.2, 0.25) is 0 Å².